The molecular formula is C34H34F3N5O4. The van der Waals surface area contributed by atoms with Gasteiger partial charge in [0, 0.05) is 50.3 Å². The van der Waals surface area contributed by atoms with Gasteiger partial charge in [-0.3, -0.25) is 9.88 Å². The van der Waals surface area contributed by atoms with Crippen LogP contribution in [0.2, 0.25) is 0 Å². The molecule has 0 bridgehead atoms. The summed E-state index contributed by atoms with van der Waals surface area (Å²) in [7, 11) is 1.55. The zero-order chi connectivity index (χ0) is 32.2. The second-order valence-electron chi connectivity index (χ2n) is 12.5. The number of halogens is 3. The van der Waals surface area contributed by atoms with E-state index >= 15 is 4.39 Å². The maximum atomic E-state index is 16.8. The molecule has 0 aliphatic carbocycles. The predicted octanol–water partition coefficient (Wildman–Crippen LogP) is 4.74. The maximum absolute atomic E-state index is 16.8. The van der Waals surface area contributed by atoms with Gasteiger partial charge in [0.25, 0.3) is 0 Å². The fourth-order valence-corrected chi connectivity index (χ4v) is 7.49. The molecule has 9 nitrogen and oxygen atoms in total. The average Bonchev–Trinajstić information content (AvgIpc) is 3.49. The smallest absolute Gasteiger partial charge is 0.319 e. The van der Waals surface area contributed by atoms with Crippen LogP contribution >= 0.6 is 0 Å². The van der Waals surface area contributed by atoms with Crippen LogP contribution in [0.4, 0.5) is 19.0 Å². The monoisotopic (exact) mass is 633 g/mol. The quantitative estimate of drug-likeness (QED) is 0.292. The van der Waals surface area contributed by atoms with E-state index in [9.17, 15) is 19.0 Å². The number of hydrogen-bond donors (Lipinski definition) is 2. The topological polar surface area (TPSA) is 104 Å². The van der Waals surface area contributed by atoms with Gasteiger partial charge in [0.2, 0.25) is 0 Å². The van der Waals surface area contributed by atoms with Gasteiger partial charge in [0.1, 0.15) is 41.4 Å². The Morgan fingerprint density at radius 2 is 2.00 bits per heavy atom. The summed E-state index contributed by atoms with van der Waals surface area (Å²) in [6, 6.07) is 5.25. The first kappa shape index (κ1) is 30.5. The van der Waals surface area contributed by atoms with E-state index in [1.54, 1.807) is 7.11 Å². The van der Waals surface area contributed by atoms with E-state index in [-0.39, 0.29) is 64.1 Å². The predicted molar refractivity (Wildman–Crippen MR) is 167 cm³/mol. The van der Waals surface area contributed by atoms with Crippen LogP contribution in [0, 0.1) is 24.0 Å². The molecule has 3 saturated heterocycles. The van der Waals surface area contributed by atoms with Gasteiger partial charge in [-0.25, -0.2) is 13.2 Å². The summed E-state index contributed by atoms with van der Waals surface area (Å²) in [5, 5.41) is 22.3. The molecule has 0 radical (unpaired) electrons. The molecular weight excluding hydrogens is 599 g/mol. The summed E-state index contributed by atoms with van der Waals surface area (Å²) in [4.78, 5) is 17.6. The lowest BCUT2D eigenvalue weighted by Gasteiger charge is -2.31. The van der Waals surface area contributed by atoms with Crippen molar-refractivity contribution in [1.29, 1.82) is 0 Å². The Balaban J connectivity index is 1.38. The van der Waals surface area contributed by atoms with Crippen molar-refractivity contribution in [2.45, 2.75) is 56.0 Å². The average molecular weight is 634 g/mol. The zero-order valence-corrected chi connectivity index (χ0v) is 25.3. The van der Waals surface area contributed by atoms with E-state index in [4.69, 9.17) is 20.9 Å². The number of ether oxygens (including phenoxy) is 2. The van der Waals surface area contributed by atoms with E-state index in [2.05, 4.69) is 20.8 Å². The van der Waals surface area contributed by atoms with Crippen molar-refractivity contribution in [1.82, 2.24) is 19.9 Å². The molecule has 3 aliphatic rings. The van der Waals surface area contributed by atoms with Crippen molar-refractivity contribution >= 4 is 27.5 Å². The molecule has 0 saturated carbocycles. The number of phenols is 1. The highest BCUT2D eigenvalue weighted by molar-refractivity contribution is 6.03. The van der Waals surface area contributed by atoms with Crippen molar-refractivity contribution in [3.63, 3.8) is 0 Å². The second-order valence-corrected chi connectivity index (χ2v) is 12.5. The normalized spacial score (nSPS) is 25.1. The van der Waals surface area contributed by atoms with Crippen LogP contribution in [0.5, 0.6) is 11.8 Å². The summed E-state index contributed by atoms with van der Waals surface area (Å²) in [6.07, 6.45) is 8.26. The zero-order valence-electron chi connectivity index (χ0n) is 25.3. The number of aromatic hydroxyl groups is 1. The number of pyridine rings is 1. The molecule has 2 aromatic heterocycles. The Hall–Kier alpha value is -4.18. The van der Waals surface area contributed by atoms with E-state index < -0.39 is 29.4 Å². The van der Waals surface area contributed by atoms with E-state index in [1.807, 2.05) is 4.90 Å². The van der Waals surface area contributed by atoms with Crippen LogP contribution in [0.15, 0.2) is 30.5 Å². The minimum atomic E-state index is -0.953. The number of phenolic OH excluding ortho intramolecular Hbond substituents is 1. The SMILES string of the molecule is C#Cc1c(F)ccc2cc(O)cc(-c3ncc4c(N5CCCC(OC)C(O)C5)nc(OC[C@@]56CCCN5C[C@H](F)C6)nc4c3F)c12. The molecule has 0 spiro atoms. The second kappa shape index (κ2) is 11.9. The number of benzene rings is 2. The number of nitrogens with zero attached hydrogens (tertiary/aromatic N) is 5. The van der Waals surface area contributed by atoms with Crippen LogP contribution in [0.3, 0.4) is 0 Å². The minimum Gasteiger partial charge on any atom is -0.508 e. The van der Waals surface area contributed by atoms with Gasteiger partial charge in [0.15, 0.2) is 5.82 Å². The highest BCUT2D eigenvalue weighted by Gasteiger charge is 2.49. The Morgan fingerprint density at radius 1 is 1.15 bits per heavy atom. The number of anilines is 1. The Bertz CT molecular complexity index is 1870. The largest absolute Gasteiger partial charge is 0.508 e. The molecule has 2 aromatic carbocycles. The lowest BCUT2D eigenvalue weighted by atomic mass is 9.95. The standard InChI is InChI=1S/C34H34F3N5O4/c1-3-22-25(36)8-7-19-12-21(43)13-23(28(19)22)30-29(37)31-24(15-38-30)32(41-10-4-6-27(45-2)26(44)17-41)40-33(39-31)46-18-34-9-5-11-42(34)16-20(35)14-34/h1,7-8,12-13,15,20,26-27,43-44H,4-6,9-11,14,16-18H2,2H3/t20-,26?,27?,34+/m1/s1. The number of aromatic nitrogens is 3. The summed E-state index contributed by atoms with van der Waals surface area (Å²) in [5.74, 6) is 0.971. The van der Waals surface area contributed by atoms with Crippen LogP contribution in [0.25, 0.3) is 32.9 Å². The molecule has 2 unspecified atom stereocenters. The molecule has 12 heteroatoms. The van der Waals surface area contributed by atoms with Crippen molar-refractivity contribution in [2.24, 2.45) is 0 Å². The molecule has 3 fully saturated rings. The Kier molecular flexibility index (Phi) is 7.87. The van der Waals surface area contributed by atoms with Crippen LogP contribution in [-0.2, 0) is 4.74 Å². The number of alkyl halides is 1. The molecule has 46 heavy (non-hydrogen) atoms. The first-order valence-electron chi connectivity index (χ1n) is 15.5. The number of β-amino-alcohol motifs (C(OH)–C–C–N with tert-alkyl or cyclic N) is 1. The summed E-state index contributed by atoms with van der Waals surface area (Å²) >= 11 is 0. The van der Waals surface area contributed by atoms with Crippen molar-refractivity contribution in [3.8, 4) is 35.4 Å². The lowest BCUT2D eigenvalue weighted by Crippen LogP contribution is -2.43. The molecule has 4 atom stereocenters. The van der Waals surface area contributed by atoms with E-state index in [1.165, 1.54) is 30.5 Å². The Morgan fingerprint density at radius 3 is 2.80 bits per heavy atom. The van der Waals surface area contributed by atoms with Crippen molar-refractivity contribution < 1.29 is 32.9 Å². The first-order chi connectivity index (χ1) is 22.2. The van der Waals surface area contributed by atoms with Gasteiger partial charge in [-0.05, 0) is 55.8 Å². The van der Waals surface area contributed by atoms with E-state index in [0.717, 1.165) is 19.4 Å². The summed E-state index contributed by atoms with van der Waals surface area (Å²) < 4.78 is 57.7. The first-order valence-corrected chi connectivity index (χ1v) is 15.5. The third-order valence-electron chi connectivity index (χ3n) is 9.68. The number of aliphatic hydroxyl groups excluding tert-OH is 1. The number of aliphatic hydroxyl groups is 1. The highest BCUT2D eigenvalue weighted by Crippen LogP contribution is 2.42. The number of hydrogen-bond acceptors (Lipinski definition) is 9. The maximum Gasteiger partial charge on any atom is 0.319 e. The molecule has 4 aromatic rings. The number of fused-ring (bicyclic) bond motifs is 3. The van der Waals surface area contributed by atoms with Gasteiger partial charge in [-0.2, -0.15) is 9.97 Å². The molecule has 2 N–H and O–H groups in total. The van der Waals surface area contributed by atoms with Gasteiger partial charge < -0.3 is 24.6 Å². The molecule has 7 rings (SSSR count). The van der Waals surface area contributed by atoms with Crippen LogP contribution < -0.4 is 9.64 Å². The third-order valence-corrected chi connectivity index (χ3v) is 9.68. The fourth-order valence-electron chi connectivity index (χ4n) is 7.49. The van der Waals surface area contributed by atoms with Gasteiger partial charge in [-0.15, -0.1) is 6.42 Å². The van der Waals surface area contributed by atoms with Crippen molar-refractivity contribution in [3.05, 3.63) is 47.7 Å². The summed E-state index contributed by atoms with van der Waals surface area (Å²) in [5.41, 5.74) is -0.787. The molecule has 0 amide bonds. The highest BCUT2D eigenvalue weighted by atomic mass is 19.1. The third kappa shape index (κ3) is 5.16. The Labute approximate surface area is 264 Å². The van der Waals surface area contributed by atoms with Crippen LogP contribution in [-0.4, -0.2) is 93.9 Å². The molecule has 5 heterocycles. The summed E-state index contributed by atoms with van der Waals surface area (Å²) in [6.45, 7) is 1.92. The van der Waals surface area contributed by atoms with Crippen molar-refractivity contribution in [2.75, 3.05) is 44.8 Å². The lowest BCUT2D eigenvalue weighted by molar-refractivity contribution is -0.00736. The number of methoxy groups -OCH3 is 1. The number of rotatable bonds is 6. The van der Waals surface area contributed by atoms with E-state index in [0.29, 0.717) is 43.6 Å². The van der Waals surface area contributed by atoms with Gasteiger partial charge in [0.05, 0.1) is 28.7 Å². The van der Waals surface area contributed by atoms with Gasteiger partial charge in [-0.1, -0.05) is 12.0 Å². The fraction of sp³-hybridized carbons (Fsp3) is 0.441. The van der Waals surface area contributed by atoms with Crippen LogP contribution in [0.1, 0.15) is 37.7 Å². The van der Waals surface area contributed by atoms with Gasteiger partial charge >= 0.3 is 6.01 Å². The molecule has 3 aliphatic heterocycles. The number of terminal acetylenes is 1. The molecule has 240 valence electrons. The minimum absolute atomic E-state index is 0.0875.